The van der Waals surface area contributed by atoms with E-state index in [1.54, 1.807) is 12.1 Å². The Morgan fingerprint density at radius 2 is 1.94 bits per heavy atom. The summed E-state index contributed by atoms with van der Waals surface area (Å²) in [6, 6.07) is 3.21. The van der Waals surface area contributed by atoms with Gasteiger partial charge in [-0.3, -0.25) is 0 Å². The van der Waals surface area contributed by atoms with Gasteiger partial charge in [-0.05, 0) is 12.1 Å². The highest BCUT2D eigenvalue weighted by atomic mass is 16.6. The zero-order valence-corrected chi connectivity index (χ0v) is 9.02. The first-order valence-corrected chi connectivity index (χ1v) is 4.79. The molecule has 2 rings (SSSR count). The van der Waals surface area contributed by atoms with Crippen LogP contribution in [-0.4, -0.2) is 31.9 Å². The molecule has 0 radical (unpaired) electrons. The van der Waals surface area contributed by atoms with Crippen LogP contribution in [-0.2, 0) is 4.74 Å². The van der Waals surface area contributed by atoms with E-state index in [0.29, 0.717) is 22.6 Å². The molecule has 0 spiro atoms. The van der Waals surface area contributed by atoms with E-state index in [1.165, 1.54) is 14.2 Å². The summed E-state index contributed by atoms with van der Waals surface area (Å²) >= 11 is 0. The molecule has 0 amide bonds. The lowest BCUT2D eigenvalue weighted by Gasteiger charge is -2.10. The van der Waals surface area contributed by atoms with Crippen molar-refractivity contribution in [1.29, 1.82) is 0 Å². The quantitative estimate of drug-likeness (QED) is 0.773. The standard InChI is InChI=1S/C11H12O5/c1-14-8-3-6-7(4-9(8)15-2)11(13)16-10(6)5-12/h3-4,10,12H,5H2,1-2H3. The minimum Gasteiger partial charge on any atom is -0.493 e. The fraction of sp³-hybridized carbons (Fsp3) is 0.364. The van der Waals surface area contributed by atoms with E-state index in [9.17, 15) is 4.79 Å². The number of methoxy groups -OCH3 is 2. The van der Waals surface area contributed by atoms with Gasteiger partial charge < -0.3 is 19.3 Å². The lowest BCUT2D eigenvalue weighted by atomic mass is 10.0. The molecule has 1 N–H and O–H groups in total. The molecule has 16 heavy (non-hydrogen) atoms. The summed E-state index contributed by atoms with van der Waals surface area (Å²) in [5.41, 5.74) is 1.04. The van der Waals surface area contributed by atoms with E-state index in [1.807, 2.05) is 0 Å². The van der Waals surface area contributed by atoms with Crippen LogP contribution in [0.2, 0.25) is 0 Å². The molecule has 5 heteroatoms. The highest BCUT2D eigenvalue weighted by molar-refractivity contribution is 5.95. The van der Waals surface area contributed by atoms with Crippen LogP contribution in [0.5, 0.6) is 11.5 Å². The Labute approximate surface area is 92.5 Å². The summed E-state index contributed by atoms with van der Waals surface area (Å²) in [5.74, 6) is 0.532. The second kappa shape index (κ2) is 4.02. The number of hydrogen-bond acceptors (Lipinski definition) is 5. The number of hydrogen-bond donors (Lipinski definition) is 1. The molecule has 0 bridgehead atoms. The number of rotatable bonds is 3. The van der Waals surface area contributed by atoms with E-state index in [2.05, 4.69) is 0 Å². The third kappa shape index (κ3) is 1.49. The van der Waals surface area contributed by atoms with Crippen LogP contribution in [0.25, 0.3) is 0 Å². The second-order valence-corrected chi connectivity index (χ2v) is 3.37. The summed E-state index contributed by atoms with van der Waals surface area (Å²) in [6.45, 7) is -0.242. The Balaban J connectivity index is 2.54. The first-order chi connectivity index (χ1) is 7.71. The van der Waals surface area contributed by atoms with Crippen LogP contribution < -0.4 is 9.47 Å². The topological polar surface area (TPSA) is 65.0 Å². The van der Waals surface area contributed by atoms with Gasteiger partial charge in [0.15, 0.2) is 17.6 Å². The van der Waals surface area contributed by atoms with Crippen molar-refractivity contribution < 1.29 is 24.1 Å². The number of aliphatic hydroxyl groups is 1. The average molecular weight is 224 g/mol. The maximum Gasteiger partial charge on any atom is 0.339 e. The Hall–Kier alpha value is -1.75. The number of esters is 1. The van der Waals surface area contributed by atoms with Crippen molar-refractivity contribution in [2.75, 3.05) is 20.8 Å². The molecule has 1 unspecified atom stereocenters. The molecule has 1 aliphatic heterocycles. The van der Waals surface area contributed by atoms with Crippen molar-refractivity contribution in [2.24, 2.45) is 0 Å². The van der Waals surface area contributed by atoms with Crippen LogP contribution in [0.3, 0.4) is 0 Å². The van der Waals surface area contributed by atoms with Gasteiger partial charge in [-0.25, -0.2) is 4.79 Å². The number of benzene rings is 1. The minimum absolute atomic E-state index is 0.242. The normalized spacial score (nSPS) is 17.9. The molecule has 1 aromatic rings. The van der Waals surface area contributed by atoms with Gasteiger partial charge in [0, 0.05) is 5.56 Å². The molecule has 1 aliphatic rings. The SMILES string of the molecule is COc1cc2c(cc1OC)C(CO)OC2=O. The smallest absolute Gasteiger partial charge is 0.339 e. The minimum atomic E-state index is -0.609. The lowest BCUT2D eigenvalue weighted by Crippen LogP contribution is -2.03. The lowest BCUT2D eigenvalue weighted by molar-refractivity contribution is 0.0235. The van der Waals surface area contributed by atoms with Gasteiger partial charge in [-0.1, -0.05) is 0 Å². The Kier molecular flexibility index (Phi) is 2.70. The number of aliphatic hydroxyl groups excluding tert-OH is 1. The molecular formula is C11H12O5. The van der Waals surface area contributed by atoms with Crippen molar-refractivity contribution in [3.05, 3.63) is 23.3 Å². The van der Waals surface area contributed by atoms with Crippen molar-refractivity contribution in [1.82, 2.24) is 0 Å². The molecule has 0 aliphatic carbocycles. The van der Waals surface area contributed by atoms with Crippen molar-refractivity contribution in [2.45, 2.75) is 6.10 Å². The van der Waals surface area contributed by atoms with E-state index in [4.69, 9.17) is 19.3 Å². The molecule has 0 fully saturated rings. The molecule has 0 saturated carbocycles. The third-order valence-electron chi connectivity index (χ3n) is 2.54. The maximum atomic E-state index is 11.5. The number of fused-ring (bicyclic) bond motifs is 1. The van der Waals surface area contributed by atoms with Gasteiger partial charge in [0.1, 0.15) is 0 Å². The molecule has 1 heterocycles. The first-order valence-electron chi connectivity index (χ1n) is 4.79. The van der Waals surface area contributed by atoms with Crippen LogP contribution in [0.15, 0.2) is 12.1 Å². The third-order valence-corrected chi connectivity index (χ3v) is 2.54. The molecule has 5 nitrogen and oxygen atoms in total. The molecular weight excluding hydrogens is 212 g/mol. The number of cyclic esters (lactones) is 1. The Morgan fingerprint density at radius 3 is 2.50 bits per heavy atom. The van der Waals surface area contributed by atoms with Crippen molar-refractivity contribution >= 4 is 5.97 Å². The maximum absolute atomic E-state index is 11.5. The largest absolute Gasteiger partial charge is 0.493 e. The highest BCUT2D eigenvalue weighted by Crippen LogP contribution is 2.38. The predicted molar refractivity (Wildman–Crippen MR) is 54.8 cm³/mol. The zero-order valence-electron chi connectivity index (χ0n) is 9.02. The van der Waals surface area contributed by atoms with Gasteiger partial charge in [0.05, 0.1) is 26.4 Å². The van der Waals surface area contributed by atoms with E-state index >= 15 is 0 Å². The van der Waals surface area contributed by atoms with Crippen LogP contribution in [0, 0.1) is 0 Å². The molecule has 1 aromatic carbocycles. The first kappa shape index (κ1) is 10.8. The zero-order chi connectivity index (χ0) is 11.7. The molecule has 1 atom stereocenters. The van der Waals surface area contributed by atoms with Gasteiger partial charge in [-0.2, -0.15) is 0 Å². The van der Waals surface area contributed by atoms with Crippen LogP contribution >= 0.6 is 0 Å². The van der Waals surface area contributed by atoms with Crippen molar-refractivity contribution in [3.8, 4) is 11.5 Å². The predicted octanol–water partition coefficient (Wildman–Crippen LogP) is 0.908. The second-order valence-electron chi connectivity index (χ2n) is 3.37. The number of carbonyl (C=O) groups excluding carboxylic acids is 1. The summed E-state index contributed by atoms with van der Waals surface area (Å²) < 4.78 is 15.2. The van der Waals surface area contributed by atoms with Gasteiger partial charge in [0.2, 0.25) is 0 Å². The summed E-state index contributed by atoms with van der Waals surface area (Å²) in [7, 11) is 3.00. The fourth-order valence-corrected chi connectivity index (χ4v) is 1.73. The molecule has 0 saturated heterocycles. The average Bonchev–Trinajstić information content (AvgIpc) is 2.63. The monoisotopic (exact) mass is 224 g/mol. The number of carbonyl (C=O) groups is 1. The fourth-order valence-electron chi connectivity index (χ4n) is 1.73. The van der Waals surface area contributed by atoms with Crippen LogP contribution in [0.1, 0.15) is 22.0 Å². The summed E-state index contributed by atoms with van der Waals surface area (Å²) in [4.78, 5) is 11.5. The highest BCUT2D eigenvalue weighted by Gasteiger charge is 2.32. The van der Waals surface area contributed by atoms with E-state index in [-0.39, 0.29) is 6.61 Å². The Bertz CT molecular complexity index is 427. The molecule has 0 aromatic heterocycles. The van der Waals surface area contributed by atoms with E-state index < -0.39 is 12.1 Å². The van der Waals surface area contributed by atoms with Gasteiger partial charge in [0.25, 0.3) is 0 Å². The van der Waals surface area contributed by atoms with Gasteiger partial charge >= 0.3 is 5.97 Å². The molecule has 86 valence electrons. The number of ether oxygens (including phenoxy) is 3. The summed E-state index contributed by atoms with van der Waals surface area (Å²) in [5, 5.41) is 9.07. The summed E-state index contributed by atoms with van der Waals surface area (Å²) in [6.07, 6.45) is -0.609. The van der Waals surface area contributed by atoms with Crippen LogP contribution in [0.4, 0.5) is 0 Å². The Morgan fingerprint density at radius 1 is 1.31 bits per heavy atom. The van der Waals surface area contributed by atoms with Gasteiger partial charge in [-0.15, -0.1) is 0 Å². The van der Waals surface area contributed by atoms with E-state index in [0.717, 1.165) is 0 Å². The van der Waals surface area contributed by atoms with Crippen molar-refractivity contribution in [3.63, 3.8) is 0 Å².